The Morgan fingerprint density at radius 2 is 1.86 bits per heavy atom. The molecule has 0 saturated heterocycles. The maximum absolute atomic E-state index is 11.2. The highest BCUT2D eigenvalue weighted by Gasteiger charge is 2.10. The molecule has 7 heteroatoms. The molecule has 152 valence electrons. The maximum atomic E-state index is 11.2. The number of nitrogens with one attached hydrogen (secondary N) is 1. The molecule has 1 aromatic heterocycles. The maximum Gasteiger partial charge on any atom is 0.282 e. The van der Waals surface area contributed by atoms with Crippen LogP contribution in [0.5, 0.6) is 27.5 Å². The SMILES string of the molecule is CCOc1ccc(Oc2ncc(Oc3ccc(C(C)NC(C)=O)cc3)s2)c(C)c1. The molecule has 6 nitrogen and oxygen atoms in total. The highest BCUT2D eigenvalue weighted by molar-refractivity contribution is 7.15. The second-order valence-corrected chi connectivity index (χ2v) is 7.46. The number of hydrogen-bond acceptors (Lipinski definition) is 6. The van der Waals surface area contributed by atoms with Crippen LogP contribution in [0.25, 0.3) is 0 Å². The summed E-state index contributed by atoms with van der Waals surface area (Å²) in [7, 11) is 0. The van der Waals surface area contributed by atoms with E-state index in [-0.39, 0.29) is 11.9 Å². The first-order valence-corrected chi connectivity index (χ1v) is 10.2. The zero-order valence-electron chi connectivity index (χ0n) is 16.9. The van der Waals surface area contributed by atoms with Crippen molar-refractivity contribution in [1.82, 2.24) is 10.3 Å². The minimum atomic E-state index is -0.0576. The van der Waals surface area contributed by atoms with Crippen LogP contribution in [0.3, 0.4) is 0 Å². The van der Waals surface area contributed by atoms with Crippen molar-refractivity contribution in [2.24, 2.45) is 0 Å². The molecule has 0 aliphatic heterocycles. The average Bonchev–Trinajstić information content (AvgIpc) is 3.11. The molecule has 0 bridgehead atoms. The number of rotatable bonds is 8. The molecule has 3 rings (SSSR count). The Morgan fingerprint density at radius 3 is 2.52 bits per heavy atom. The molecule has 0 aliphatic rings. The molecular formula is C22H24N2O4S. The summed E-state index contributed by atoms with van der Waals surface area (Å²) < 4.78 is 17.2. The fraction of sp³-hybridized carbons (Fsp3) is 0.273. The predicted molar refractivity (Wildman–Crippen MR) is 113 cm³/mol. The molecule has 0 radical (unpaired) electrons. The van der Waals surface area contributed by atoms with Gasteiger partial charge in [0.1, 0.15) is 17.2 Å². The molecule has 0 spiro atoms. The van der Waals surface area contributed by atoms with Crippen molar-refractivity contribution in [3.05, 3.63) is 59.8 Å². The lowest BCUT2D eigenvalue weighted by atomic mass is 10.1. The van der Waals surface area contributed by atoms with Crippen LogP contribution in [0.1, 0.15) is 37.9 Å². The van der Waals surface area contributed by atoms with Crippen LogP contribution in [0.2, 0.25) is 0 Å². The minimum absolute atomic E-state index is 0.0534. The Morgan fingerprint density at radius 1 is 1.14 bits per heavy atom. The molecular weight excluding hydrogens is 388 g/mol. The first-order valence-electron chi connectivity index (χ1n) is 9.36. The molecule has 1 atom stereocenters. The third-order valence-corrected chi connectivity index (χ3v) is 4.89. The molecule has 1 N–H and O–H groups in total. The van der Waals surface area contributed by atoms with Crippen LogP contribution in [0.15, 0.2) is 48.7 Å². The van der Waals surface area contributed by atoms with E-state index in [9.17, 15) is 4.79 Å². The lowest BCUT2D eigenvalue weighted by Gasteiger charge is -2.13. The van der Waals surface area contributed by atoms with E-state index in [1.165, 1.54) is 18.3 Å². The summed E-state index contributed by atoms with van der Waals surface area (Å²) in [6.45, 7) is 7.99. The summed E-state index contributed by atoms with van der Waals surface area (Å²) in [5, 5.41) is 3.99. The quantitative estimate of drug-likeness (QED) is 0.519. The smallest absolute Gasteiger partial charge is 0.282 e. The highest BCUT2D eigenvalue weighted by Crippen LogP contribution is 2.36. The number of aryl methyl sites for hydroxylation is 1. The number of carbonyl (C=O) groups is 1. The molecule has 0 fully saturated rings. The molecule has 0 saturated carbocycles. The Balaban J connectivity index is 1.62. The van der Waals surface area contributed by atoms with E-state index in [0.717, 1.165) is 22.6 Å². The second-order valence-electron chi connectivity index (χ2n) is 6.50. The fourth-order valence-electron chi connectivity index (χ4n) is 2.75. The Hall–Kier alpha value is -3.06. The molecule has 1 unspecified atom stereocenters. The van der Waals surface area contributed by atoms with Crippen molar-refractivity contribution in [3.8, 4) is 27.5 Å². The lowest BCUT2D eigenvalue weighted by molar-refractivity contribution is -0.119. The summed E-state index contributed by atoms with van der Waals surface area (Å²) in [4.78, 5) is 15.5. The third-order valence-electron chi connectivity index (χ3n) is 4.14. The number of carbonyl (C=O) groups excluding carboxylic acids is 1. The average molecular weight is 413 g/mol. The minimum Gasteiger partial charge on any atom is -0.494 e. The topological polar surface area (TPSA) is 69.7 Å². The van der Waals surface area contributed by atoms with E-state index >= 15 is 0 Å². The Labute approximate surface area is 174 Å². The zero-order valence-corrected chi connectivity index (χ0v) is 17.7. The summed E-state index contributed by atoms with van der Waals surface area (Å²) >= 11 is 1.32. The zero-order chi connectivity index (χ0) is 20.8. The Bertz CT molecular complexity index is 969. The van der Waals surface area contributed by atoms with E-state index in [4.69, 9.17) is 14.2 Å². The van der Waals surface area contributed by atoms with Gasteiger partial charge in [0.15, 0.2) is 0 Å². The van der Waals surface area contributed by atoms with Gasteiger partial charge in [0, 0.05) is 6.92 Å². The summed E-state index contributed by atoms with van der Waals surface area (Å²) in [6, 6.07) is 13.2. The van der Waals surface area contributed by atoms with E-state index in [1.54, 1.807) is 6.20 Å². The summed E-state index contributed by atoms with van der Waals surface area (Å²) in [5.41, 5.74) is 1.98. The number of aromatic nitrogens is 1. The van der Waals surface area contributed by atoms with Gasteiger partial charge in [-0.3, -0.25) is 4.79 Å². The van der Waals surface area contributed by atoms with Gasteiger partial charge >= 0.3 is 0 Å². The summed E-state index contributed by atoms with van der Waals surface area (Å²) in [6.07, 6.45) is 1.64. The normalized spacial score (nSPS) is 11.6. The Kier molecular flexibility index (Phi) is 6.72. The van der Waals surface area contributed by atoms with E-state index in [2.05, 4.69) is 10.3 Å². The van der Waals surface area contributed by atoms with Gasteiger partial charge in [0.2, 0.25) is 11.0 Å². The fourth-order valence-corrected chi connectivity index (χ4v) is 3.41. The van der Waals surface area contributed by atoms with Gasteiger partial charge in [0.05, 0.1) is 18.8 Å². The molecule has 1 amide bonds. The van der Waals surface area contributed by atoms with Crippen molar-refractivity contribution in [2.45, 2.75) is 33.7 Å². The molecule has 3 aromatic rings. The van der Waals surface area contributed by atoms with Crippen LogP contribution in [-0.2, 0) is 4.79 Å². The van der Waals surface area contributed by atoms with Crippen LogP contribution in [-0.4, -0.2) is 17.5 Å². The van der Waals surface area contributed by atoms with Crippen LogP contribution < -0.4 is 19.5 Å². The number of hydrogen-bond donors (Lipinski definition) is 1. The number of ether oxygens (including phenoxy) is 3. The van der Waals surface area contributed by atoms with Crippen molar-refractivity contribution in [3.63, 3.8) is 0 Å². The monoisotopic (exact) mass is 412 g/mol. The predicted octanol–water partition coefficient (Wildman–Crippen LogP) is 5.63. The van der Waals surface area contributed by atoms with E-state index in [1.807, 2.05) is 63.2 Å². The van der Waals surface area contributed by atoms with Gasteiger partial charge in [-0.1, -0.05) is 12.1 Å². The third kappa shape index (κ3) is 5.71. The van der Waals surface area contributed by atoms with Gasteiger partial charge < -0.3 is 19.5 Å². The lowest BCUT2D eigenvalue weighted by Crippen LogP contribution is -2.23. The van der Waals surface area contributed by atoms with Gasteiger partial charge in [-0.25, -0.2) is 4.98 Å². The van der Waals surface area contributed by atoms with E-state index < -0.39 is 0 Å². The van der Waals surface area contributed by atoms with Crippen molar-refractivity contribution >= 4 is 17.2 Å². The van der Waals surface area contributed by atoms with Gasteiger partial charge in [-0.05, 0) is 73.6 Å². The number of thiazole rings is 1. The number of amides is 1. The standard InChI is InChI=1S/C22H24N2O4S/c1-5-26-19-10-11-20(14(2)12-19)28-22-23-13-21(29-22)27-18-8-6-17(7-9-18)15(3)24-16(4)25/h6-13,15H,5H2,1-4H3,(H,24,25). The van der Waals surface area contributed by atoms with Crippen LogP contribution >= 0.6 is 11.3 Å². The largest absolute Gasteiger partial charge is 0.494 e. The van der Waals surface area contributed by atoms with E-state index in [0.29, 0.717) is 22.6 Å². The number of benzene rings is 2. The van der Waals surface area contributed by atoms with Crippen LogP contribution in [0.4, 0.5) is 0 Å². The van der Waals surface area contributed by atoms with Crippen molar-refractivity contribution in [1.29, 1.82) is 0 Å². The van der Waals surface area contributed by atoms with Gasteiger partial charge in [-0.2, -0.15) is 0 Å². The second kappa shape index (κ2) is 9.43. The van der Waals surface area contributed by atoms with Gasteiger partial charge in [-0.15, -0.1) is 0 Å². The first kappa shape index (κ1) is 20.7. The number of nitrogens with zero attached hydrogens (tertiary/aromatic N) is 1. The molecule has 0 aliphatic carbocycles. The van der Waals surface area contributed by atoms with Crippen LogP contribution in [0, 0.1) is 6.92 Å². The van der Waals surface area contributed by atoms with Crippen molar-refractivity contribution < 1.29 is 19.0 Å². The molecule has 2 aromatic carbocycles. The van der Waals surface area contributed by atoms with Crippen molar-refractivity contribution in [2.75, 3.05) is 6.61 Å². The first-order chi connectivity index (χ1) is 13.9. The summed E-state index contributed by atoms with van der Waals surface area (Å²) in [5.74, 6) is 2.18. The highest BCUT2D eigenvalue weighted by atomic mass is 32.1. The molecule has 29 heavy (non-hydrogen) atoms. The molecule has 1 heterocycles. The van der Waals surface area contributed by atoms with Gasteiger partial charge in [0.25, 0.3) is 5.19 Å².